The fraction of sp³-hybridized carbons (Fsp3) is 0.500. The molecule has 1 aromatic heterocycles. The van der Waals surface area contributed by atoms with E-state index in [1.807, 2.05) is 26.0 Å². The number of aromatic nitrogens is 1. The summed E-state index contributed by atoms with van der Waals surface area (Å²) in [6.45, 7) is 5.72. The summed E-state index contributed by atoms with van der Waals surface area (Å²) in [4.78, 5) is 30.0. The van der Waals surface area contributed by atoms with Gasteiger partial charge in [-0.05, 0) is 38.0 Å². The van der Waals surface area contributed by atoms with Gasteiger partial charge in [0, 0.05) is 12.4 Å². The smallest absolute Gasteiger partial charge is 0.248 e. The second-order valence-corrected chi connectivity index (χ2v) is 5.12. The minimum atomic E-state index is -0.795. The Morgan fingerprint density at radius 3 is 2.63 bits per heavy atom. The maximum atomic E-state index is 12.5. The van der Waals surface area contributed by atoms with Crippen LogP contribution in [-0.2, 0) is 9.59 Å². The predicted molar refractivity (Wildman–Crippen MR) is 71.2 cm³/mol. The summed E-state index contributed by atoms with van der Waals surface area (Å²) in [6, 6.07) is 3.61. The van der Waals surface area contributed by atoms with Crippen LogP contribution in [0.2, 0.25) is 0 Å². The maximum Gasteiger partial charge on any atom is 0.248 e. The molecule has 102 valence electrons. The van der Waals surface area contributed by atoms with E-state index in [-0.39, 0.29) is 24.4 Å². The van der Waals surface area contributed by atoms with Crippen LogP contribution in [0.25, 0.3) is 0 Å². The molecule has 0 bridgehead atoms. The van der Waals surface area contributed by atoms with Gasteiger partial charge in [-0.25, -0.2) is 0 Å². The molecule has 0 aromatic carbocycles. The van der Waals surface area contributed by atoms with Gasteiger partial charge in [0.15, 0.2) is 0 Å². The molecule has 1 aromatic rings. The first-order valence-electron chi connectivity index (χ1n) is 6.50. The fourth-order valence-electron chi connectivity index (χ4n) is 2.32. The average Bonchev–Trinajstić information content (AvgIpc) is 2.43. The molecule has 1 saturated heterocycles. The lowest BCUT2D eigenvalue weighted by Crippen LogP contribution is -2.65. The van der Waals surface area contributed by atoms with Gasteiger partial charge in [0.05, 0.1) is 6.04 Å². The monoisotopic (exact) mass is 261 g/mol. The minimum Gasteiger partial charge on any atom is -0.340 e. The quantitative estimate of drug-likeness (QED) is 0.891. The van der Waals surface area contributed by atoms with Crippen molar-refractivity contribution in [1.82, 2.24) is 15.2 Å². The number of piperazine rings is 1. The van der Waals surface area contributed by atoms with Crippen LogP contribution in [0, 0.1) is 0 Å². The van der Waals surface area contributed by atoms with E-state index in [0.717, 1.165) is 5.56 Å². The molecule has 1 aliphatic rings. The topological polar surface area (TPSA) is 62.3 Å². The van der Waals surface area contributed by atoms with Gasteiger partial charge in [-0.15, -0.1) is 0 Å². The number of carbonyl (C=O) groups is 2. The molecular formula is C14H19N3O2. The number of nitrogens with zero attached hydrogens (tertiary/aromatic N) is 2. The Morgan fingerprint density at radius 1 is 1.42 bits per heavy atom. The molecule has 2 amide bonds. The third-order valence-electron chi connectivity index (χ3n) is 3.83. The van der Waals surface area contributed by atoms with Crippen LogP contribution in [0.5, 0.6) is 0 Å². The van der Waals surface area contributed by atoms with Gasteiger partial charge in [-0.1, -0.05) is 6.92 Å². The van der Waals surface area contributed by atoms with Gasteiger partial charge in [0.25, 0.3) is 0 Å². The zero-order valence-electron chi connectivity index (χ0n) is 11.5. The van der Waals surface area contributed by atoms with Gasteiger partial charge < -0.3 is 10.2 Å². The van der Waals surface area contributed by atoms with E-state index in [4.69, 9.17) is 0 Å². The van der Waals surface area contributed by atoms with Crippen molar-refractivity contribution in [2.75, 3.05) is 6.54 Å². The van der Waals surface area contributed by atoms with E-state index >= 15 is 0 Å². The van der Waals surface area contributed by atoms with Crippen molar-refractivity contribution in [3.63, 3.8) is 0 Å². The molecule has 0 aliphatic carbocycles. The van der Waals surface area contributed by atoms with Gasteiger partial charge >= 0.3 is 0 Å². The van der Waals surface area contributed by atoms with Crippen LogP contribution in [0.4, 0.5) is 0 Å². The number of pyridine rings is 1. The van der Waals surface area contributed by atoms with Crippen molar-refractivity contribution in [3.8, 4) is 0 Å². The molecule has 1 fully saturated rings. The Hall–Kier alpha value is -1.91. The van der Waals surface area contributed by atoms with Crippen molar-refractivity contribution in [2.45, 2.75) is 38.8 Å². The van der Waals surface area contributed by atoms with Crippen LogP contribution in [-0.4, -0.2) is 33.8 Å². The standard InChI is InChI=1S/C14H19N3O2/c1-4-14(3)13(19)17(9-12(18)16-14)10(2)11-5-7-15-8-6-11/h5-8,10H,4,9H2,1-3H3,(H,16,18). The molecule has 1 N–H and O–H groups in total. The van der Waals surface area contributed by atoms with Crippen LogP contribution in [0.15, 0.2) is 24.5 Å². The second kappa shape index (κ2) is 4.99. The fourth-order valence-corrected chi connectivity index (χ4v) is 2.32. The zero-order valence-corrected chi connectivity index (χ0v) is 11.5. The Morgan fingerprint density at radius 2 is 2.05 bits per heavy atom. The number of carbonyl (C=O) groups excluding carboxylic acids is 2. The number of hydrogen-bond donors (Lipinski definition) is 1. The van der Waals surface area contributed by atoms with Crippen molar-refractivity contribution < 1.29 is 9.59 Å². The van der Waals surface area contributed by atoms with Crippen LogP contribution in [0.3, 0.4) is 0 Å². The van der Waals surface area contributed by atoms with Crippen molar-refractivity contribution in [3.05, 3.63) is 30.1 Å². The first kappa shape index (κ1) is 13.5. The molecule has 2 atom stereocenters. The summed E-state index contributed by atoms with van der Waals surface area (Å²) in [5, 5.41) is 2.79. The van der Waals surface area contributed by atoms with Gasteiger partial charge in [0.2, 0.25) is 11.8 Å². The second-order valence-electron chi connectivity index (χ2n) is 5.12. The Bertz CT molecular complexity index is 489. The summed E-state index contributed by atoms with van der Waals surface area (Å²) in [7, 11) is 0. The number of hydrogen-bond acceptors (Lipinski definition) is 3. The molecule has 2 unspecified atom stereocenters. The maximum absolute atomic E-state index is 12.5. The van der Waals surface area contributed by atoms with Crippen LogP contribution < -0.4 is 5.32 Å². The van der Waals surface area contributed by atoms with E-state index in [1.165, 1.54) is 0 Å². The molecule has 0 saturated carbocycles. The zero-order chi connectivity index (χ0) is 14.0. The summed E-state index contributed by atoms with van der Waals surface area (Å²) in [5.41, 5.74) is 0.188. The molecule has 2 rings (SSSR count). The van der Waals surface area contributed by atoms with Crippen molar-refractivity contribution >= 4 is 11.8 Å². The van der Waals surface area contributed by atoms with Crippen LogP contribution in [0.1, 0.15) is 38.8 Å². The summed E-state index contributed by atoms with van der Waals surface area (Å²) < 4.78 is 0. The van der Waals surface area contributed by atoms with E-state index < -0.39 is 5.54 Å². The first-order valence-corrected chi connectivity index (χ1v) is 6.50. The number of nitrogens with one attached hydrogen (secondary N) is 1. The summed E-state index contributed by atoms with van der Waals surface area (Å²) in [6.07, 6.45) is 3.97. The van der Waals surface area contributed by atoms with E-state index in [0.29, 0.717) is 6.42 Å². The van der Waals surface area contributed by atoms with Gasteiger partial charge in [-0.2, -0.15) is 0 Å². The average molecular weight is 261 g/mol. The lowest BCUT2D eigenvalue weighted by atomic mass is 9.92. The van der Waals surface area contributed by atoms with Gasteiger partial charge in [0.1, 0.15) is 12.1 Å². The normalized spacial score (nSPS) is 25.1. The van der Waals surface area contributed by atoms with Crippen LogP contribution >= 0.6 is 0 Å². The lowest BCUT2D eigenvalue weighted by Gasteiger charge is -2.42. The number of rotatable bonds is 3. The number of amides is 2. The molecule has 2 heterocycles. The highest BCUT2D eigenvalue weighted by atomic mass is 16.2. The van der Waals surface area contributed by atoms with Crippen molar-refractivity contribution in [2.24, 2.45) is 0 Å². The third kappa shape index (κ3) is 2.45. The Balaban J connectivity index is 2.28. The Labute approximate surface area is 113 Å². The molecular weight excluding hydrogens is 242 g/mol. The Kier molecular flexibility index (Phi) is 3.55. The molecule has 1 aliphatic heterocycles. The van der Waals surface area contributed by atoms with Gasteiger partial charge in [-0.3, -0.25) is 14.6 Å². The molecule has 19 heavy (non-hydrogen) atoms. The third-order valence-corrected chi connectivity index (χ3v) is 3.83. The molecule has 0 radical (unpaired) electrons. The molecule has 5 nitrogen and oxygen atoms in total. The summed E-state index contributed by atoms with van der Waals surface area (Å²) >= 11 is 0. The first-order chi connectivity index (χ1) is 8.98. The predicted octanol–water partition coefficient (Wildman–Crippen LogP) is 1.27. The molecule has 0 spiro atoms. The largest absolute Gasteiger partial charge is 0.340 e. The lowest BCUT2D eigenvalue weighted by molar-refractivity contribution is -0.151. The molecule has 5 heteroatoms. The van der Waals surface area contributed by atoms with E-state index in [1.54, 1.807) is 24.2 Å². The van der Waals surface area contributed by atoms with E-state index in [2.05, 4.69) is 10.3 Å². The minimum absolute atomic E-state index is 0.0288. The summed E-state index contributed by atoms with van der Waals surface area (Å²) in [5.74, 6) is -0.135. The highest BCUT2D eigenvalue weighted by Gasteiger charge is 2.43. The van der Waals surface area contributed by atoms with E-state index in [9.17, 15) is 9.59 Å². The SMILES string of the molecule is CCC1(C)NC(=O)CN(C(C)c2ccncc2)C1=O. The van der Waals surface area contributed by atoms with Crippen molar-refractivity contribution in [1.29, 1.82) is 0 Å². The highest BCUT2D eigenvalue weighted by Crippen LogP contribution is 2.26. The highest BCUT2D eigenvalue weighted by molar-refractivity contribution is 5.97.